The molecule has 14 heavy (non-hydrogen) atoms. The first kappa shape index (κ1) is 12.4. The molecule has 0 unspecified atom stereocenters. The minimum Gasteiger partial charge on any atom is -0.478 e. The number of esters is 1. The lowest BCUT2D eigenvalue weighted by atomic mass is 10.4. The van der Waals surface area contributed by atoms with Crippen LogP contribution in [0.2, 0.25) is 0 Å². The summed E-state index contributed by atoms with van der Waals surface area (Å²) in [6.45, 7) is 7.87. The molecule has 0 aromatic carbocycles. The van der Waals surface area contributed by atoms with Gasteiger partial charge in [0, 0.05) is 11.6 Å². The average molecular weight is 198 g/mol. The van der Waals surface area contributed by atoms with Crippen molar-refractivity contribution in [2.75, 3.05) is 0 Å². The first-order valence-corrected chi connectivity index (χ1v) is 4.19. The topological polar surface area (TPSA) is 63.6 Å². The van der Waals surface area contributed by atoms with Gasteiger partial charge in [-0.05, 0) is 19.8 Å². The van der Waals surface area contributed by atoms with Crippen LogP contribution >= 0.6 is 0 Å². The average Bonchev–Trinajstić information content (AvgIpc) is 2.89. The number of carbonyl (C=O) groups is 2. The summed E-state index contributed by atoms with van der Waals surface area (Å²) < 4.78 is 4.75. The lowest BCUT2D eigenvalue weighted by Gasteiger charge is -1.93. The molecular formula is C10H14O4. The van der Waals surface area contributed by atoms with Crippen LogP contribution in [-0.2, 0) is 14.3 Å². The van der Waals surface area contributed by atoms with E-state index in [1.165, 1.54) is 13.0 Å². The zero-order valence-electron chi connectivity index (χ0n) is 8.16. The second kappa shape index (κ2) is 5.96. The predicted molar refractivity (Wildman–Crippen MR) is 51.8 cm³/mol. The van der Waals surface area contributed by atoms with E-state index in [0.29, 0.717) is 0 Å². The SMILES string of the molecule is C=C(C)C(=O)O.C=CC(=O)OC1CC1. The van der Waals surface area contributed by atoms with E-state index in [0.717, 1.165) is 12.8 Å². The Kier molecular flexibility index (Phi) is 5.29. The molecule has 1 saturated carbocycles. The van der Waals surface area contributed by atoms with Crippen molar-refractivity contribution in [1.82, 2.24) is 0 Å². The van der Waals surface area contributed by atoms with E-state index < -0.39 is 5.97 Å². The number of carboxylic acids is 1. The van der Waals surface area contributed by atoms with Crippen molar-refractivity contribution >= 4 is 11.9 Å². The van der Waals surface area contributed by atoms with Gasteiger partial charge >= 0.3 is 11.9 Å². The summed E-state index contributed by atoms with van der Waals surface area (Å²) >= 11 is 0. The summed E-state index contributed by atoms with van der Waals surface area (Å²) in [6.07, 6.45) is 3.46. The van der Waals surface area contributed by atoms with Crippen LogP contribution in [0.25, 0.3) is 0 Å². The summed E-state index contributed by atoms with van der Waals surface area (Å²) in [7, 11) is 0. The number of carbonyl (C=O) groups excluding carboxylic acids is 1. The highest BCUT2D eigenvalue weighted by Gasteiger charge is 2.24. The first-order valence-electron chi connectivity index (χ1n) is 4.19. The van der Waals surface area contributed by atoms with E-state index in [4.69, 9.17) is 9.84 Å². The Morgan fingerprint density at radius 2 is 1.93 bits per heavy atom. The van der Waals surface area contributed by atoms with E-state index in [1.807, 2.05) is 0 Å². The smallest absolute Gasteiger partial charge is 0.330 e. The predicted octanol–water partition coefficient (Wildman–Crippen LogP) is 1.53. The van der Waals surface area contributed by atoms with Gasteiger partial charge in [0.05, 0.1) is 0 Å². The van der Waals surface area contributed by atoms with Crippen LogP contribution in [0, 0.1) is 0 Å². The zero-order valence-corrected chi connectivity index (χ0v) is 8.16. The second-order valence-electron chi connectivity index (χ2n) is 2.93. The summed E-state index contributed by atoms with van der Waals surface area (Å²) in [6, 6.07) is 0. The molecule has 0 amide bonds. The molecule has 1 fully saturated rings. The quantitative estimate of drug-likeness (QED) is 0.551. The third kappa shape index (κ3) is 7.09. The van der Waals surface area contributed by atoms with Crippen LogP contribution in [0.4, 0.5) is 0 Å². The maximum absolute atomic E-state index is 10.3. The molecule has 1 N–H and O–H groups in total. The van der Waals surface area contributed by atoms with Crippen LogP contribution in [-0.4, -0.2) is 23.1 Å². The van der Waals surface area contributed by atoms with Crippen LogP contribution in [0.15, 0.2) is 24.8 Å². The van der Waals surface area contributed by atoms with Gasteiger partial charge < -0.3 is 9.84 Å². The molecule has 0 heterocycles. The highest BCUT2D eigenvalue weighted by molar-refractivity contribution is 5.84. The lowest BCUT2D eigenvalue weighted by molar-refractivity contribution is -0.139. The highest BCUT2D eigenvalue weighted by atomic mass is 16.5. The van der Waals surface area contributed by atoms with E-state index >= 15 is 0 Å². The van der Waals surface area contributed by atoms with Crippen molar-refractivity contribution in [3.8, 4) is 0 Å². The highest BCUT2D eigenvalue weighted by Crippen LogP contribution is 2.23. The summed E-state index contributed by atoms with van der Waals surface area (Å²) in [5.41, 5.74) is 0.176. The van der Waals surface area contributed by atoms with Crippen LogP contribution in [0.1, 0.15) is 19.8 Å². The Hall–Kier alpha value is -1.58. The van der Waals surface area contributed by atoms with Crippen LogP contribution in [0.5, 0.6) is 0 Å². The van der Waals surface area contributed by atoms with Crippen molar-refractivity contribution in [1.29, 1.82) is 0 Å². The monoisotopic (exact) mass is 198 g/mol. The number of rotatable bonds is 3. The molecule has 0 aromatic heterocycles. The number of ether oxygens (including phenoxy) is 1. The molecular weight excluding hydrogens is 184 g/mol. The van der Waals surface area contributed by atoms with E-state index in [1.54, 1.807) is 0 Å². The van der Waals surface area contributed by atoms with Gasteiger partial charge in [0.1, 0.15) is 6.10 Å². The molecule has 78 valence electrons. The Bertz CT molecular complexity index is 239. The summed E-state index contributed by atoms with van der Waals surface area (Å²) in [5, 5.41) is 7.89. The van der Waals surface area contributed by atoms with Gasteiger partial charge in [-0.15, -0.1) is 0 Å². The van der Waals surface area contributed by atoms with Crippen molar-refractivity contribution < 1.29 is 19.4 Å². The third-order valence-corrected chi connectivity index (χ3v) is 1.34. The lowest BCUT2D eigenvalue weighted by Crippen LogP contribution is -2.00. The molecule has 0 spiro atoms. The molecule has 1 aliphatic rings. The maximum Gasteiger partial charge on any atom is 0.330 e. The Balaban J connectivity index is 0.000000255. The molecule has 0 bridgehead atoms. The Morgan fingerprint density at radius 1 is 1.50 bits per heavy atom. The first-order chi connectivity index (χ1) is 6.47. The fourth-order valence-electron chi connectivity index (χ4n) is 0.398. The van der Waals surface area contributed by atoms with Gasteiger partial charge in [-0.25, -0.2) is 9.59 Å². The number of aliphatic carboxylic acids is 1. The largest absolute Gasteiger partial charge is 0.478 e. The zero-order chi connectivity index (χ0) is 11.1. The number of hydrogen-bond acceptors (Lipinski definition) is 3. The standard InChI is InChI=1S/C6H8O2.C4H6O2/c1-2-6(7)8-5-3-4-5;1-3(2)4(5)6/h2,5H,1,3-4H2;1H2,2H3,(H,5,6). The van der Waals surface area contributed by atoms with E-state index in [-0.39, 0.29) is 17.6 Å². The van der Waals surface area contributed by atoms with Crippen molar-refractivity contribution in [2.45, 2.75) is 25.9 Å². The van der Waals surface area contributed by atoms with Gasteiger partial charge in [-0.1, -0.05) is 13.2 Å². The molecule has 0 atom stereocenters. The van der Waals surface area contributed by atoms with Crippen LogP contribution in [0.3, 0.4) is 0 Å². The number of carboxylic acid groups (broad SMARTS) is 1. The maximum atomic E-state index is 10.3. The summed E-state index contributed by atoms with van der Waals surface area (Å²) in [4.78, 5) is 19.9. The molecule has 1 aliphatic carbocycles. The molecule has 0 aliphatic heterocycles. The normalized spacial score (nSPS) is 13.2. The van der Waals surface area contributed by atoms with E-state index in [9.17, 15) is 9.59 Å². The van der Waals surface area contributed by atoms with Crippen molar-refractivity contribution in [2.24, 2.45) is 0 Å². The molecule has 0 aromatic rings. The molecule has 4 nitrogen and oxygen atoms in total. The minimum atomic E-state index is -0.935. The Morgan fingerprint density at radius 3 is 2.14 bits per heavy atom. The van der Waals surface area contributed by atoms with Crippen LogP contribution < -0.4 is 0 Å². The fraction of sp³-hybridized carbons (Fsp3) is 0.400. The van der Waals surface area contributed by atoms with E-state index in [2.05, 4.69) is 13.2 Å². The summed E-state index contributed by atoms with van der Waals surface area (Å²) in [5.74, 6) is -1.23. The molecule has 4 heteroatoms. The van der Waals surface area contributed by atoms with Gasteiger partial charge in [0.25, 0.3) is 0 Å². The van der Waals surface area contributed by atoms with Gasteiger partial charge in [-0.2, -0.15) is 0 Å². The van der Waals surface area contributed by atoms with Crippen molar-refractivity contribution in [3.63, 3.8) is 0 Å². The van der Waals surface area contributed by atoms with Gasteiger partial charge in [0.15, 0.2) is 0 Å². The minimum absolute atomic E-state index is 0.176. The number of hydrogen-bond donors (Lipinski definition) is 1. The fourth-order valence-corrected chi connectivity index (χ4v) is 0.398. The third-order valence-electron chi connectivity index (χ3n) is 1.34. The Labute approximate surface area is 82.9 Å². The van der Waals surface area contributed by atoms with Crippen molar-refractivity contribution in [3.05, 3.63) is 24.8 Å². The van der Waals surface area contributed by atoms with Gasteiger partial charge in [0.2, 0.25) is 0 Å². The molecule has 0 radical (unpaired) electrons. The second-order valence-corrected chi connectivity index (χ2v) is 2.93. The molecule has 1 rings (SSSR count). The molecule has 0 saturated heterocycles. The van der Waals surface area contributed by atoms with Gasteiger partial charge in [-0.3, -0.25) is 0 Å².